The molecule has 1 aromatic carbocycles. The van der Waals surface area contributed by atoms with E-state index in [1.54, 1.807) is 0 Å². The van der Waals surface area contributed by atoms with Gasteiger partial charge >= 0.3 is 0 Å². The second kappa shape index (κ2) is 5.98. The smallest absolute Gasteiger partial charge is 0.222 e. The topological polar surface area (TPSA) is 72.3 Å². The Morgan fingerprint density at radius 2 is 2.11 bits per heavy atom. The minimum absolute atomic E-state index is 0.0635. The first kappa shape index (κ1) is 13.1. The number of likely N-dealkylation sites (tertiary alicyclic amines) is 1. The van der Waals surface area contributed by atoms with E-state index in [9.17, 15) is 4.79 Å². The minimum Gasteiger partial charge on any atom is -0.341 e. The third-order valence-electron chi connectivity index (χ3n) is 3.47. The molecule has 2 atom stereocenters. The van der Waals surface area contributed by atoms with E-state index in [2.05, 4.69) is 0 Å². The average molecular weight is 247 g/mol. The summed E-state index contributed by atoms with van der Waals surface area (Å²) < 4.78 is 0. The van der Waals surface area contributed by atoms with Crippen molar-refractivity contribution in [2.24, 2.45) is 11.5 Å². The third kappa shape index (κ3) is 3.31. The van der Waals surface area contributed by atoms with Gasteiger partial charge in [0.05, 0.1) is 0 Å². The van der Waals surface area contributed by atoms with Crippen molar-refractivity contribution in [3.8, 4) is 0 Å². The van der Waals surface area contributed by atoms with Gasteiger partial charge in [-0.25, -0.2) is 0 Å². The zero-order valence-electron chi connectivity index (χ0n) is 10.6. The molecule has 1 saturated heterocycles. The lowest BCUT2D eigenvalue weighted by atomic mass is 10.0. The molecule has 1 aliphatic rings. The highest BCUT2D eigenvalue weighted by molar-refractivity contribution is 5.76. The predicted molar refractivity (Wildman–Crippen MR) is 71.8 cm³/mol. The van der Waals surface area contributed by atoms with Gasteiger partial charge < -0.3 is 16.4 Å². The van der Waals surface area contributed by atoms with Crippen LogP contribution in [-0.2, 0) is 4.79 Å². The molecule has 4 heteroatoms. The first-order valence-corrected chi connectivity index (χ1v) is 6.50. The van der Waals surface area contributed by atoms with Gasteiger partial charge in [0, 0.05) is 31.6 Å². The molecule has 18 heavy (non-hydrogen) atoms. The number of rotatable bonds is 4. The largest absolute Gasteiger partial charge is 0.341 e. The molecule has 0 aromatic heterocycles. The van der Waals surface area contributed by atoms with Crippen LogP contribution in [-0.4, -0.2) is 29.9 Å². The number of benzene rings is 1. The number of nitrogens with two attached hydrogens (primary N) is 2. The van der Waals surface area contributed by atoms with E-state index in [0.29, 0.717) is 19.4 Å². The summed E-state index contributed by atoms with van der Waals surface area (Å²) in [5, 5.41) is 0. The lowest BCUT2D eigenvalue weighted by Gasteiger charge is -2.17. The van der Waals surface area contributed by atoms with E-state index in [-0.39, 0.29) is 18.0 Å². The van der Waals surface area contributed by atoms with Gasteiger partial charge in [0.25, 0.3) is 0 Å². The molecular weight excluding hydrogens is 226 g/mol. The van der Waals surface area contributed by atoms with Crippen LogP contribution in [0, 0.1) is 0 Å². The Bertz CT molecular complexity index is 393. The summed E-state index contributed by atoms with van der Waals surface area (Å²) in [4.78, 5) is 13.8. The molecule has 1 amide bonds. The highest BCUT2D eigenvalue weighted by Crippen LogP contribution is 2.17. The van der Waals surface area contributed by atoms with Crippen LogP contribution in [0.15, 0.2) is 30.3 Å². The minimum atomic E-state index is -0.0635. The van der Waals surface area contributed by atoms with E-state index in [1.807, 2.05) is 35.2 Å². The Balaban J connectivity index is 1.79. The van der Waals surface area contributed by atoms with Gasteiger partial charge in [0.2, 0.25) is 5.91 Å². The van der Waals surface area contributed by atoms with Crippen LogP contribution >= 0.6 is 0 Å². The predicted octanol–water partition coefficient (Wildman–Crippen LogP) is 1.03. The highest BCUT2D eigenvalue weighted by Gasteiger charge is 2.23. The maximum Gasteiger partial charge on any atom is 0.222 e. The van der Waals surface area contributed by atoms with Gasteiger partial charge in [-0.2, -0.15) is 0 Å². The summed E-state index contributed by atoms with van der Waals surface area (Å²) in [5.74, 6) is 0.175. The van der Waals surface area contributed by atoms with Gasteiger partial charge in [-0.05, 0) is 18.4 Å². The molecule has 0 bridgehead atoms. The van der Waals surface area contributed by atoms with Crippen LogP contribution in [0.2, 0.25) is 0 Å². The van der Waals surface area contributed by atoms with Crippen LogP contribution < -0.4 is 11.5 Å². The van der Waals surface area contributed by atoms with Crippen molar-refractivity contribution in [1.82, 2.24) is 4.90 Å². The van der Waals surface area contributed by atoms with Crippen molar-refractivity contribution in [1.29, 1.82) is 0 Å². The number of nitrogens with zero attached hydrogens (tertiary/aromatic N) is 1. The van der Waals surface area contributed by atoms with Crippen molar-refractivity contribution in [2.45, 2.75) is 31.3 Å². The van der Waals surface area contributed by atoms with Crippen LogP contribution in [0.1, 0.15) is 30.9 Å². The van der Waals surface area contributed by atoms with Crippen molar-refractivity contribution in [3.05, 3.63) is 35.9 Å². The monoisotopic (exact) mass is 247 g/mol. The third-order valence-corrected chi connectivity index (χ3v) is 3.47. The zero-order valence-corrected chi connectivity index (χ0v) is 10.6. The zero-order chi connectivity index (χ0) is 13.0. The average Bonchev–Trinajstić information content (AvgIpc) is 2.83. The number of hydrogen-bond acceptors (Lipinski definition) is 3. The molecule has 4 nitrogen and oxygen atoms in total. The molecule has 1 heterocycles. The first-order valence-electron chi connectivity index (χ1n) is 6.50. The molecular formula is C14H21N3O. The molecule has 0 saturated carbocycles. The Hall–Kier alpha value is -1.39. The van der Waals surface area contributed by atoms with Crippen LogP contribution in [0.5, 0.6) is 0 Å². The SMILES string of the molecule is NC1CCN(C(=O)CCC(N)c2ccccc2)C1. The molecule has 0 radical (unpaired) electrons. The van der Waals surface area contributed by atoms with E-state index in [0.717, 1.165) is 18.5 Å². The standard InChI is InChI=1S/C14H21N3O/c15-12-8-9-17(10-12)14(18)7-6-13(16)11-4-2-1-3-5-11/h1-5,12-13H,6-10,15-16H2. The maximum absolute atomic E-state index is 11.9. The van der Waals surface area contributed by atoms with Gasteiger partial charge in [-0.3, -0.25) is 4.79 Å². The Morgan fingerprint density at radius 3 is 2.72 bits per heavy atom. The molecule has 1 fully saturated rings. The maximum atomic E-state index is 11.9. The van der Waals surface area contributed by atoms with E-state index in [4.69, 9.17) is 11.5 Å². The fraction of sp³-hybridized carbons (Fsp3) is 0.500. The first-order chi connectivity index (χ1) is 8.66. The van der Waals surface area contributed by atoms with Crippen molar-refractivity contribution in [3.63, 3.8) is 0 Å². The van der Waals surface area contributed by atoms with Crippen molar-refractivity contribution in [2.75, 3.05) is 13.1 Å². The summed E-state index contributed by atoms with van der Waals surface area (Å²) in [5.41, 5.74) is 13.0. The highest BCUT2D eigenvalue weighted by atomic mass is 16.2. The molecule has 0 spiro atoms. The molecule has 98 valence electrons. The van der Waals surface area contributed by atoms with Crippen molar-refractivity contribution >= 4 is 5.91 Å². The van der Waals surface area contributed by atoms with Gasteiger partial charge in [-0.1, -0.05) is 30.3 Å². The molecule has 0 aliphatic carbocycles. The quantitative estimate of drug-likeness (QED) is 0.834. The summed E-state index contributed by atoms with van der Waals surface area (Å²) in [6.45, 7) is 1.49. The van der Waals surface area contributed by atoms with Crippen LogP contribution in [0.4, 0.5) is 0 Å². The van der Waals surface area contributed by atoms with Gasteiger partial charge in [0.1, 0.15) is 0 Å². The van der Waals surface area contributed by atoms with E-state index < -0.39 is 0 Å². The Labute approximate surface area is 108 Å². The van der Waals surface area contributed by atoms with Gasteiger partial charge in [-0.15, -0.1) is 0 Å². The summed E-state index contributed by atoms with van der Waals surface area (Å²) in [7, 11) is 0. The van der Waals surface area contributed by atoms with E-state index >= 15 is 0 Å². The number of hydrogen-bond donors (Lipinski definition) is 2. The van der Waals surface area contributed by atoms with E-state index in [1.165, 1.54) is 0 Å². The van der Waals surface area contributed by atoms with Crippen LogP contribution in [0.25, 0.3) is 0 Å². The number of amides is 1. The summed E-state index contributed by atoms with van der Waals surface area (Å²) >= 11 is 0. The van der Waals surface area contributed by atoms with Crippen LogP contribution in [0.3, 0.4) is 0 Å². The normalized spacial score (nSPS) is 21.0. The number of carbonyl (C=O) groups excluding carboxylic acids is 1. The summed E-state index contributed by atoms with van der Waals surface area (Å²) in [6.07, 6.45) is 2.11. The molecule has 2 rings (SSSR count). The molecule has 1 aromatic rings. The Kier molecular flexibility index (Phi) is 4.33. The Morgan fingerprint density at radius 1 is 1.39 bits per heavy atom. The second-order valence-electron chi connectivity index (χ2n) is 4.94. The summed E-state index contributed by atoms with van der Waals surface area (Å²) in [6, 6.07) is 9.99. The number of carbonyl (C=O) groups is 1. The van der Waals surface area contributed by atoms with Gasteiger partial charge in [0.15, 0.2) is 0 Å². The lowest BCUT2D eigenvalue weighted by Crippen LogP contribution is -2.32. The molecule has 1 aliphatic heterocycles. The second-order valence-corrected chi connectivity index (χ2v) is 4.94. The van der Waals surface area contributed by atoms with Crippen molar-refractivity contribution < 1.29 is 4.79 Å². The molecule has 2 unspecified atom stereocenters. The fourth-order valence-electron chi connectivity index (χ4n) is 2.32. The molecule has 4 N–H and O–H groups in total. The fourth-order valence-corrected chi connectivity index (χ4v) is 2.32. The lowest BCUT2D eigenvalue weighted by molar-refractivity contribution is -0.130.